The Labute approximate surface area is 163 Å². The van der Waals surface area contributed by atoms with E-state index in [1.54, 1.807) is 13.0 Å². The van der Waals surface area contributed by atoms with Gasteiger partial charge in [0.2, 0.25) is 5.91 Å². The minimum absolute atomic E-state index is 0.0154. The third-order valence-electron chi connectivity index (χ3n) is 4.95. The quantitative estimate of drug-likeness (QED) is 0.764. The van der Waals surface area contributed by atoms with E-state index in [2.05, 4.69) is 16.3 Å². The molecule has 6 heteroatoms. The summed E-state index contributed by atoms with van der Waals surface area (Å²) in [5.74, 6) is 0.780. The number of hydrogen-bond donors (Lipinski definition) is 1. The number of amides is 1. The SMILES string of the molecule is CC(=O)NC1CCCN(c2nc3ccccc3nc2-c2cccc(C#N)c2)C1. The molecule has 1 unspecified atom stereocenters. The van der Waals surface area contributed by atoms with Crippen molar-refractivity contribution in [3.8, 4) is 17.3 Å². The standard InChI is InChI=1S/C22H21N5O/c1-15(28)24-18-8-5-11-27(14-18)22-21(17-7-4-6-16(12-17)13-23)25-19-9-2-3-10-20(19)26-22/h2-4,6-7,9-10,12,18H,5,8,11,14H2,1H3,(H,24,28). The summed E-state index contributed by atoms with van der Waals surface area (Å²) in [6.07, 6.45) is 1.92. The van der Waals surface area contributed by atoms with Gasteiger partial charge in [0.05, 0.1) is 22.7 Å². The van der Waals surface area contributed by atoms with Crippen LogP contribution in [0.3, 0.4) is 0 Å². The molecule has 3 aromatic rings. The average Bonchev–Trinajstić information content (AvgIpc) is 2.72. The number of rotatable bonds is 3. The molecule has 28 heavy (non-hydrogen) atoms. The summed E-state index contributed by atoms with van der Waals surface area (Å²) in [4.78, 5) is 23.5. The van der Waals surface area contributed by atoms with Crippen LogP contribution in [0.25, 0.3) is 22.3 Å². The first-order valence-electron chi connectivity index (χ1n) is 9.43. The number of nitrogens with zero attached hydrogens (tertiary/aromatic N) is 4. The van der Waals surface area contributed by atoms with Crippen molar-refractivity contribution in [2.45, 2.75) is 25.8 Å². The Hall–Kier alpha value is -3.46. The van der Waals surface area contributed by atoms with Crippen molar-refractivity contribution in [2.75, 3.05) is 18.0 Å². The normalized spacial score (nSPS) is 16.6. The van der Waals surface area contributed by atoms with Gasteiger partial charge in [0.1, 0.15) is 5.69 Å². The van der Waals surface area contributed by atoms with Crippen molar-refractivity contribution < 1.29 is 4.79 Å². The monoisotopic (exact) mass is 371 g/mol. The highest BCUT2D eigenvalue weighted by molar-refractivity contribution is 5.84. The van der Waals surface area contributed by atoms with Crippen molar-refractivity contribution in [3.05, 3.63) is 54.1 Å². The first kappa shape index (κ1) is 17.9. The Bertz CT molecular complexity index is 1070. The molecule has 0 bridgehead atoms. The topological polar surface area (TPSA) is 81.9 Å². The van der Waals surface area contributed by atoms with E-state index in [4.69, 9.17) is 9.97 Å². The molecule has 1 saturated heterocycles. The molecule has 1 fully saturated rings. The second-order valence-electron chi connectivity index (χ2n) is 7.06. The Kier molecular flexibility index (Phi) is 4.90. The minimum atomic E-state index is -0.0154. The number of benzene rings is 2. The van der Waals surface area contributed by atoms with Gasteiger partial charge in [-0.2, -0.15) is 5.26 Å². The van der Waals surface area contributed by atoms with Crippen LogP contribution in [-0.4, -0.2) is 35.0 Å². The van der Waals surface area contributed by atoms with Crippen LogP contribution in [0.4, 0.5) is 5.82 Å². The molecule has 1 atom stereocenters. The van der Waals surface area contributed by atoms with Crippen molar-refractivity contribution in [2.24, 2.45) is 0 Å². The third kappa shape index (κ3) is 3.65. The molecule has 2 aromatic carbocycles. The number of piperidine rings is 1. The Morgan fingerprint density at radius 2 is 1.96 bits per heavy atom. The molecule has 1 aliphatic heterocycles. The second-order valence-corrected chi connectivity index (χ2v) is 7.06. The smallest absolute Gasteiger partial charge is 0.217 e. The van der Waals surface area contributed by atoms with Crippen molar-refractivity contribution in [1.29, 1.82) is 5.26 Å². The molecule has 1 amide bonds. The second kappa shape index (κ2) is 7.65. The Morgan fingerprint density at radius 3 is 2.71 bits per heavy atom. The molecule has 4 rings (SSSR count). The van der Waals surface area contributed by atoms with E-state index in [-0.39, 0.29) is 11.9 Å². The van der Waals surface area contributed by atoms with Gasteiger partial charge in [-0.1, -0.05) is 24.3 Å². The maximum absolute atomic E-state index is 11.5. The molecule has 0 aliphatic carbocycles. The first-order valence-corrected chi connectivity index (χ1v) is 9.43. The maximum Gasteiger partial charge on any atom is 0.217 e. The Morgan fingerprint density at radius 1 is 1.18 bits per heavy atom. The van der Waals surface area contributed by atoms with Crippen molar-refractivity contribution >= 4 is 22.8 Å². The molecular weight excluding hydrogens is 350 g/mol. The van der Waals surface area contributed by atoms with Crippen LogP contribution in [0.2, 0.25) is 0 Å². The predicted molar refractivity (Wildman–Crippen MR) is 109 cm³/mol. The zero-order valence-corrected chi connectivity index (χ0v) is 15.7. The fourth-order valence-electron chi connectivity index (χ4n) is 3.72. The molecule has 1 N–H and O–H groups in total. The van der Waals surface area contributed by atoms with Gasteiger partial charge in [-0.25, -0.2) is 9.97 Å². The average molecular weight is 371 g/mol. The van der Waals surface area contributed by atoms with E-state index in [0.717, 1.165) is 47.5 Å². The van der Waals surface area contributed by atoms with E-state index in [0.29, 0.717) is 12.1 Å². The molecule has 0 saturated carbocycles. The van der Waals surface area contributed by atoms with Gasteiger partial charge in [0, 0.05) is 31.6 Å². The first-order chi connectivity index (χ1) is 13.6. The number of fused-ring (bicyclic) bond motifs is 1. The highest BCUT2D eigenvalue weighted by atomic mass is 16.1. The van der Waals surface area contributed by atoms with Crippen LogP contribution in [-0.2, 0) is 4.79 Å². The lowest BCUT2D eigenvalue weighted by molar-refractivity contribution is -0.119. The van der Waals surface area contributed by atoms with E-state index in [1.165, 1.54) is 0 Å². The maximum atomic E-state index is 11.5. The van der Waals surface area contributed by atoms with Gasteiger partial charge in [-0.15, -0.1) is 0 Å². The molecule has 1 aliphatic rings. The zero-order valence-electron chi connectivity index (χ0n) is 15.7. The fraction of sp³-hybridized carbons (Fsp3) is 0.273. The van der Waals surface area contributed by atoms with Crippen LogP contribution in [0.1, 0.15) is 25.3 Å². The number of nitriles is 1. The van der Waals surface area contributed by atoms with E-state index < -0.39 is 0 Å². The lowest BCUT2D eigenvalue weighted by Crippen LogP contribution is -2.47. The van der Waals surface area contributed by atoms with Crippen LogP contribution in [0, 0.1) is 11.3 Å². The predicted octanol–water partition coefficient (Wildman–Crippen LogP) is 3.27. The summed E-state index contributed by atoms with van der Waals surface area (Å²) < 4.78 is 0. The van der Waals surface area contributed by atoms with E-state index in [1.807, 2.05) is 42.5 Å². The lowest BCUT2D eigenvalue weighted by atomic mass is 10.0. The summed E-state index contributed by atoms with van der Waals surface area (Å²) in [5.41, 5.74) is 3.87. The summed E-state index contributed by atoms with van der Waals surface area (Å²) in [5, 5.41) is 12.3. The Balaban J connectivity index is 1.81. The molecule has 0 spiro atoms. The molecule has 0 radical (unpaired) electrons. The largest absolute Gasteiger partial charge is 0.353 e. The lowest BCUT2D eigenvalue weighted by Gasteiger charge is -2.34. The van der Waals surface area contributed by atoms with Crippen molar-refractivity contribution in [3.63, 3.8) is 0 Å². The van der Waals surface area contributed by atoms with Gasteiger partial charge in [-0.3, -0.25) is 4.79 Å². The van der Waals surface area contributed by atoms with Crippen LogP contribution < -0.4 is 10.2 Å². The van der Waals surface area contributed by atoms with E-state index >= 15 is 0 Å². The highest BCUT2D eigenvalue weighted by Crippen LogP contribution is 2.31. The number of carbonyl (C=O) groups excluding carboxylic acids is 1. The molecular formula is C22H21N5O. The van der Waals surface area contributed by atoms with Crippen LogP contribution in [0.15, 0.2) is 48.5 Å². The molecule has 2 heterocycles. The van der Waals surface area contributed by atoms with Gasteiger partial charge in [0.25, 0.3) is 0 Å². The van der Waals surface area contributed by atoms with Crippen LogP contribution >= 0.6 is 0 Å². The summed E-state index contributed by atoms with van der Waals surface area (Å²) in [7, 11) is 0. The molecule has 6 nitrogen and oxygen atoms in total. The summed E-state index contributed by atoms with van der Waals surface area (Å²) >= 11 is 0. The van der Waals surface area contributed by atoms with Crippen molar-refractivity contribution in [1.82, 2.24) is 15.3 Å². The molecule has 1 aromatic heterocycles. The zero-order chi connectivity index (χ0) is 19.5. The number of para-hydroxylation sites is 2. The van der Waals surface area contributed by atoms with Gasteiger partial charge in [0.15, 0.2) is 5.82 Å². The summed E-state index contributed by atoms with van der Waals surface area (Å²) in [6, 6.07) is 17.5. The number of carbonyl (C=O) groups is 1. The third-order valence-corrected chi connectivity index (χ3v) is 4.95. The summed E-state index contributed by atoms with van der Waals surface area (Å²) in [6.45, 7) is 3.10. The van der Waals surface area contributed by atoms with E-state index in [9.17, 15) is 10.1 Å². The minimum Gasteiger partial charge on any atom is -0.353 e. The number of hydrogen-bond acceptors (Lipinski definition) is 5. The van der Waals surface area contributed by atoms with Gasteiger partial charge >= 0.3 is 0 Å². The number of nitrogens with one attached hydrogen (secondary N) is 1. The van der Waals surface area contributed by atoms with Gasteiger partial charge in [-0.05, 0) is 37.1 Å². The number of anilines is 1. The number of aromatic nitrogens is 2. The highest BCUT2D eigenvalue weighted by Gasteiger charge is 2.25. The van der Waals surface area contributed by atoms with Gasteiger partial charge < -0.3 is 10.2 Å². The molecule has 140 valence electrons. The van der Waals surface area contributed by atoms with Crippen LogP contribution in [0.5, 0.6) is 0 Å². The fourth-order valence-corrected chi connectivity index (χ4v) is 3.72.